The average Bonchev–Trinajstić information content (AvgIpc) is 1.98. The van der Waals surface area contributed by atoms with E-state index < -0.39 is 6.04 Å². The smallest absolute Gasteiger partial charge is 0.322 e. The van der Waals surface area contributed by atoms with Crippen LogP contribution in [-0.4, -0.2) is 31.1 Å². The molecule has 0 spiro atoms. The van der Waals surface area contributed by atoms with Crippen molar-refractivity contribution in [1.82, 2.24) is 0 Å². The Morgan fingerprint density at radius 2 is 2.40 bits per heavy atom. The molecule has 0 aromatic carbocycles. The highest BCUT2D eigenvalue weighted by Gasteiger charge is 2.11. The molecule has 0 heterocycles. The molecule has 0 aliphatic rings. The third-order valence-electron chi connectivity index (χ3n) is 1.14. The van der Waals surface area contributed by atoms with E-state index >= 15 is 0 Å². The molecular formula is C6H13NO2S. The monoisotopic (exact) mass is 162 g/mol. The fourth-order valence-electron chi connectivity index (χ4n) is 0.514. The Bertz CT molecular complexity index is 108. The van der Waals surface area contributed by atoms with Crippen LogP contribution < -0.4 is 5.73 Å². The van der Waals surface area contributed by atoms with Crippen LogP contribution in [0.15, 0.2) is 0 Å². The van der Waals surface area contributed by atoms with Crippen molar-refractivity contribution in [3.8, 4) is 0 Å². The highest BCUT2D eigenvalue weighted by molar-refractivity contribution is 7.98. The Morgan fingerprint density at radius 3 is 2.80 bits per heavy atom. The molecule has 2 N–H and O–H groups in total. The molecule has 0 unspecified atom stereocenters. The fourth-order valence-corrected chi connectivity index (χ4v) is 1.00. The first-order chi connectivity index (χ1) is 4.72. The van der Waals surface area contributed by atoms with Gasteiger partial charge < -0.3 is 10.5 Å². The van der Waals surface area contributed by atoms with Gasteiger partial charge in [-0.05, 0) is 18.4 Å². The maximum atomic E-state index is 10.7. The summed E-state index contributed by atoms with van der Waals surface area (Å²) in [7, 11) is 1.35. The summed E-state index contributed by atoms with van der Waals surface area (Å²) >= 11 is 1.67. The van der Waals surface area contributed by atoms with Crippen molar-refractivity contribution < 1.29 is 9.53 Å². The Balaban J connectivity index is 3.41. The van der Waals surface area contributed by atoms with Crippen molar-refractivity contribution in [1.29, 1.82) is 0 Å². The van der Waals surface area contributed by atoms with E-state index in [1.165, 1.54) is 7.11 Å². The highest BCUT2D eigenvalue weighted by atomic mass is 32.2. The summed E-state index contributed by atoms with van der Waals surface area (Å²) in [4.78, 5) is 10.7. The van der Waals surface area contributed by atoms with E-state index in [4.69, 9.17) is 5.73 Å². The minimum Gasteiger partial charge on any atom is -0.468 e. The van der Waals surface area contributed by atoms with Gasteiger partial charge in [0.15, 0.2) is 0 Å². The molecule has 1 atom stereocenters. The fraction of sp³-hybridized carbons (Fsp3) is 0.833. The van der Waals surface area contributed by atoms with Crippen LogP contribution in [0.25, 0.3) is 0 Å². The molecule has 0 fully saturated rings. The summed E-state index contributed by atoms with van der Waals surface area (Å²) in [5.74, 6) is 0.574. The van der Waals surface area contributed by atoms with Gasteiger partial charge in [-0.25, -0.2) is 0 Å². The molecule has 0 aromatic heterocycles. The molecule has 0 aliphatic heterocycles. The van der Waals surface area contributed by atoms with Crippen molar-refractivity contribution in [2.75, 3.05) is 19.1 Å². The molecule has 0 saturated carbocycles. The van der Waals surface area contributed by atoms with Crippen LogP contribution in [0.5, 0.6) is 0 Å². The Kier molecular flexibility index (Phi) is 5.43. The molecule has 0 radical (unpaired) electrons. The van der Waals surface area contributed by atoms with Crippen LogP contribution in [0.3, 0.4) is 0 Å². The van der Waals surface area contributed by atoms with Gasteiger partial charge in [0, 0.05) is 0 Å². The van der Waals surface area contributed by atoms with E-state index in [0.29, 0.717) is 6.42 Å². The third kappa shape index (κ3) is 3.74. The predicted molar refractivity (Wildman–Crippen MR) is 43.0 cm³/mol. The van der Waals surface area contributed by atoms with E-state index in [9.17, 15) is 4.79 Å². The van der Waals surface area contributed by atoms with Gasteiger partial charge in [0.05, 0.1) is 7.11 Å². The lowest BCUT2D eigenvalue weighted by atomic mass is 10.2. The molecule has 10 heavy (non-hydrogen) atoms. The van der Waals surface area contributed by atoms with Gasteiger partial charge in [-0.15, -0.1) is 0 Å². The zero-order valence-corrected chi connectivity index (χ0v) is 7.11. The number of hydrogen-bond donors (Lipinski definition) is 1. The van der Waals surface area contributed by atoms with E-state index in [2.05, 4.69) is 4.74 Å². The first kappa shape index (κ1) is 9.78. The quantitative estimate of drug-likeness (QED) is 0.602. The lowest BCUT2D eigenvalue weighted by Gasteiger charge is -2.06. The number of carbonyl (C=O) groups is 1. The molecule has 0 rings (SSSR count). The largest absolute Gasteiger partial charge is 0.468 e. The maximum absolute atomic E-state index is 10.7. The summed E-state index contributed by atoms with van der Waals surface area (Å²) in [5.41, 5.74) is 5.43. The number of carbonyl (C=O) groups excluding carboxylic acids is 1. The molecule has 60 valence electrons. The number of ether oxygens (including phenoxy) is 1. The van der Waals surface area contributed by atoms with Gasteiger partial charge in [-0.1, -0.05) is 0 Å². The minimum atomic E-state index is -0.447. The molecule has 3 nitrogen and oxygen atoms in total. The molecule has 0 aliphatic carbocycles. The van der Waals surface area contributed by atoms with E-state index in [1.807, 2.05) is 6.26 Å². The number of esters is 1. The Hall–Kier alpha value is -0.220. The van der Waals surface area contributed by atoms with Gasteiger partial charge in [0.2, 0.25) is 0 Å². The Labute approximate surface area is 65.3 Å². The van der Waals surface area contributed by atoms with Crippen molar-refractivity contribution in [2.45, 2.75) is 12.5 Å². The standard InChI is InChI=1S/C6H13NO2S/c1-9-6(8)5(7)3-4-10-2/h5H,3-4,7H2,1-2H3/t5-/m0/s1/i1-1. The summed E-state index contributed by atoms with van der Waals surface area (Å²) in [5, 5.41) is 0. The molecule has 4 heteroatoms. The van der Waals surface area contributed by atoms with Gasteiger partial charge in [0.1, 0.15) is 6.04 Å². The van der Waals surface area contributed by atoms with Crippen LogP contribution in [-0.2, 0) is 9.53 Å². The lowest BCUT2D eigenvalue weighted by Crippen LogP contribution is -2.31. The molecule has 0 amide bonds. The number of methoxy groups -OCH3 is 1. The van der Waals surface area contributed by atoms with Gasteiger partial charge in [-0.2, -0.15) is 11.8 Å². The van der Waals surface area contributed by atoms with Crippen LogP contribution >= 0.6 is 11.8 Å². The van der Waals surface area contributed by atoms with E-state index in [-0.39, 0.29) is 5.97 Å². The van der Waals surface area contributed by atoms with Crippen molar-refractivity contribution in [3.63, 3.8) is 0 Å². The van der Waals surface area contributed by atoms with Gasteiger partial charge in [-0.3, -0.25) is 4.79 Å². The molecular weight excluding hydrogens is 149 g/mol. The first-order valence-corrected chi connectivity index (χ1v) is 4.44. The second-order valence-electron chi connectivity index (χ2n) is 1.91. The number of nitrogens with two attached hydrogens (primary N) is 1. The zero-order chi connectivity index (χ0) is 7.98. The van der Waals surface area contributed by atoms with E-state index in [1.54, 1.807) is 11.8 Å². The molecule has 0 aromatic rings. The maximum Gasteiger partial charge on any atom is 0.322 e. The number of rotatable bonds is 4. The summed E-state index contributed by atoms with van der Waals surface area (Å²) in [6.07, 6.45) is 2.66. The van der Waals surface area contributed by atoms with E-state index in [0.717, 1.165) is 5.75 Å². The molecule has 0 saturated heterocycles. The normalized spacial score (nSPS) is 12.7. The average molecular weight is 162 g/mol. The number of thioether (sulfide) groups is 1. The summed E-state index contributed by atoms with van der Waals surface area (Å²) in [6.45, 7) is 0. The van der Waals surface area contributed by atoms with Crippen LogP contribution in [0.2, 0.25) is 0 Å². The second-order valence-corrected chi connectivity index (χ2v) is 2.90. The second kappa shape index (κ2) is 5.56. The van der Waals surface area contributed by atoms with Crippen LogP contribution in [0.1, 0.15) is 6.42 Å². The topological polar surface area (TPSA) is 52.3 Å². The third-order valence-corrected chi connectivity index (χ3v) is 1.78. The molecule has 0 bridgehead atoms. The zero-order valence-electron chi connectivity index (χ0n) is 6.29. The van der Waals surface area contributed by atoms with Crippen LogP contribution in [0, 0.1) is 0 Å². The van der Waals surface area contributed by atoms with Gasteiger partial charge >= 0.3 is 5.97 Å². The SMILES string of the molecule is CSCC[C@H](N)C(=O)O[11CH3]. The minimum absolute atomic E-state index is 0.325. The van der Waals surface area contributed by atoms with Gasteiger partial charge in [0.25, 0.3) is 0 Å². The highest BCUT2D eigenvalue weighted by Crippen LogP contribution is 1.99. The van der Waals surface area contributed by atoms with Crippen molar-refractivity contribution in [2.24, 2.45) is 5.73 Å². The predicted octanol–water partition coefficient (Wildman–Crippen LogP) is 0.240. The Morgan fingerprint density at radius 1 is 1.80 bits per heavy atom. The van der Waals surface area contributed by atoms with Crippen LogP contribution in [0.4, 0.5) is 0 Å². The number of hydrogen-bond acceptors (Lipinski definition) is 4. The summed E-state index contributed by atoms with van der Waals surface area (Å²) in [6, 6.07) is -0.447. The first-order valence-electron chi connectivity index (χ1n) is 3.04. The summed E-state index contributed by atoms with van der Waals surface area (Å²) < 4.78 is 4.44. The van der Waals surface area contributed by atoms with Crippen molar-refractivity contribution in [3.05, 3.63) is 0 Å². The lowest BCUT2D eigenvalue weighted by molar-refractivity contribution is -0.142. The van der Waals surface area contributed by atoms with Crippen molar-refractivity contribution >= 4 is 17.7 Å².